The van der Waals surface area contributed by atoms with Crippen molar-refractivity contribution in [3.05, 3.63) is 51.1 Å². The summed E-state index contributed by atoms with van der Waals surface area (Å²) in [7, 11) is 0. The molecular formula is C24H28F4N6O8. The summed E-state index contributed by atoms with van der Waals surface area (Å²) >= 11 is 0. The zero-order valence-corrected chi connectivity index (χ0v) is 22.0. The van der Waals surface area contributed by atoms with Crippen molar-refractivity contribution < 1.29 is 47.5 Å². The minimum atomic E-state index is -3.81. The number of nitrogens with zero attached hydrogens (tertiary/aromatic N) is 4. The standard InChI is InChI=1S/C12H15F2N3O4.C12H13F2N3O4/c2*1-3-6-4-17(11(20)16-9(6)15)10-12(13,14)8(19)7(21-10)5(2)18/h3-5,7-8,10,18-19H,1H2,2H3,(H2,15,16,20);1,4-5,7-8,10,18-19H,2H3,(H2,15,16,20)/t2*5?,7-,8-,10-/m11/s1. The van der Waals surface area contributed by atoms with Crippen LogP contribution in [0.5, 0.6) is 0 Å². The Bertz CT molecular complexity index is 1490. The van der Waals surface area contributed by atoms with Crippen LogP contribution in [0.25, 0.3) is 6.08 Å². The molecule has 2 unspecified atom stereocenters. The van der Waals surface area contributed by atoms with Gasteiger partial charge in [0.15, 0.2) is 12.2 Å². The summed E-state index contributed by atoms with van der Waals surface area (Å²) in [6.45, 7) is 5.81. The summed E-state index contributed by atoms with van der Waals surface area (Å²) in [5, 5.41) is 37.9. The van der Waals surface area contributed by atoms with Crippen LogP contribution in [0, 0.1) is 12.3 Å². The molecule has 2 aliphatic rings. The molecule has 8 N–H and O–H groups in total. The quantitative estimate of drug-likeness (QED) is 0.175. The van der Waals surface area contributed by atoms with Crippen LogP contribution >= 0.6 is 0 Å². The molecule has 42 heavy (non-hydrogen) atoms. The third-order valence-electron chi connectivity index (χ3n) is 6.47. The molecular weight excluding hydrogens is 576 g/mol. The number of alkyl halides is 4. The highest BCUT2D eigenvalue weighted by Gasteiger charge is 2.61. The number of hydrogen-bond donors (Lipinski definition) is 6. The number of rotatable bonds is 5. The number of aliphatic hydroxyl groups is 4. The molecule has 0 saturated carbocycles. The van der Waals surface area contributed by atoms with Gasteiger partial charge in [0, 0.05) is 18.0 Å². The molecule has 0 aliphatic carbocycles. The van der Waals surface area contributed by atoms with E-state index in [2.05, 4.69) is 22.5 Å². The van der Waals surface area contributed by atoms with Gasteiger partial charge in [-0.25, -0.2) is 9.59 Å². The van der Waals surface area contributed by atoms with Gasteiger partial charge >= 0.3 is 23.2 Å². The van der Waals surface area contributed by atoms with Gasteiger partial charge in [-0.05, 0) is 13.8 Å². The maximum atomic E-state index is 14.1. The van der Waals surface area contributed by atoms with Crippen molar-refractivity contribution in [1.29, 1.82) is 0 Å². The number of anilines is 2. The lowest BCUT2D eigenvalue weighted by Gasteiger charge is -2.21. The predicted octanol–water partition coefficient (Wildman–Crippen LogP) is -1.18. The zero-order valence-electron chi connectivity index (χ0n) is 22.0. The highest BCUT2D eigenvalue weighted by atomic mass is 19.3. The second-order valence-electron chi connectivity index (χ2n) is 9.48. The molecule has 4 heterocycles. The molecule has 2 aromatic heterocycles. The van der Waals surface area contributed by atoms with Crippen molar-refractivity contribution >= 4 is 17.7 Å². The number of aromatic nitrogens is 4. The average Bonchev–Trinajstić information content (AvgIpc) is 3.28. The molecule has 8 atom stereocenters. The Kier molecular flexibility index (Phi) is 9.17. The van der Waals surface area contributed by atoms with E-state index in [1.807, 2.05) is 0 Å². The van der Waals surface area contributed by atoms with Crippen molar-refractivity contribution in [2.45, 2.75) is 74.8 Å². The number of ether oxygens (including phenoxy) is 2. The van der Waals surface area contributed by atoms with Gasteiger partial charge in [0.05, 0.1) is 17.8 Å². The maximum absolute atomic E-state index is 14.1. The number of terminal acetylenes is 1. The number of hydrogen-bond acceptors (Lipinski definition) is 12. The Morgan fingerprint density at radius 2 is 1.36 bits per heavy atom. The highest BCUT2D eigenvalue weighted by Crippen LogP contribution is 2.44. The average molecular weight is 605 g/mol. The van der Waals surface area contributed by atoms with E-state index in [9.17, 15) is 47.6 Å². The monoisotopic (exact) mass is 604 g/mol. The summed E-state index contributed by atoms with van der Waals surface area (Å²) in [4.78, 5) is 30.2. The molecule has 0 radical (unpaired) electrons. The van der Waals surface area contributed by atoms with Gasteiger partial charge in [-0.3, -0.25) is 9.13 Å². The van der Waals surface area contributed by atoms with E-state index in [4.69, 9.17) is 27.4 Å². The summed E-state index contributed by atoms with van der Waals surface area (Å²) in [5.74, 6) is -5.91. The molecule has 0 spiro atoms. The van der Waals surface area contributed by atoms with Gasteiger partial charge in [-0.1, -0.05) is 18.6 Å². The van der Waals surface area contributed by atoms with Crippen LogP contribution in [0.4, 0.5) is 29.2 Å². The molecule has 0 amide bonds. The number of halogens is 4. The van der Waals surface area contributed by atoms with Gasteiger partial charge in [-0.2, -0.15) is 27.5 Å². The van der Waals surface area contributed by atoms with Crippen molar-refractivity contribution in [3.8, 4) is 12.3 Å². The van der Waals surface area contributed by atoms with E-state index in [0.29, 0.717) is 9.13 Å². The van der Waals surface area contributed by atoms with Gasteiger partial charge in [0.2, 0.25) is 12.5 Å². The molecule has 2 fully saturated rings. The number of nitrogen functional groups attached to an aromatic ring is 2. The Morgan fingerprint density at radius 3 is 1.71 bits per heavy atom. The third-order valence-corrected chi connectivity index (χ3v) is 6.47. The molecule has 0 bridgehead atoms. The summed E-state index contributed by atoms with van der Waals surface area (Å²) in [5.41, 5.74) is 8.79. The number of aliphatic hydroxyl groups excluding tert-OH is 4. The van der Waals surface area contributed by atoms with Crippen molar-refractivity contribution in [2.75, 3.05) is 11.5 Å². The Balaban J connectivity index is 0.000000230. The van der Waals surface area contributed by atoms with E-state index >= 15 is 0 Å². The smallest absolute Gasteiger partial charge is 0.351 e. The molecule has 230 valence electrons. The fraction of sp³-hybridized carbons (Fsp3) is 0.500. The van der Waals surface area contributed by atoms with Crippen molar-refractivity contribution in [2.24, 2.45) is 0 Å². The summed E-state index contributed by atoms with van der Waals surface area (Å²) in [6.07, 6.45) is -6.23. The molecule has 2 aromatic rings. The lowest BCUT2D eigenvalue weighted by Crippen LogP contribution is -2.43. The largest absolute Gasteiger partial charge is 0.391 e. The molecule has 2 saturated heterocycles. The SMILES string of the molecule is C#Cc1cn([C@@H]2O[C@H](C(C)O)[C@@H](O)C2(F)F)c(=O)nc1N.C=Cc1cn([C@@H]2O[C@H](C(C)O)[C@@H](O)C2(F)F)c(=O)nc1N. The van der Waals surface area contributed by atoms with Crippen LogP contribution in [-0.2, 0) is 9.47 Å². The molecule has 14 nitrogen and oxygen atoms in total. The van der Waals surface area contributed by atoms with Crippen molar-refractivity contribution in [1.82, 2.24) is 19.1 Å². The first-order valence-electron chi connectivity index (χ1n) is 12.0. The van der Waals surface area contributed by atoms with Crippen molar-refractivity contribution in [3.63, 3.8) is 0 Å². The van der Waals surface area contributed by atoms with Gasteiger partial charge in [-0.15, -0.1) is 6.42 Å². The molecule has 2 aliphatic heterocycles. The Morgan fingerprint density at radius 1 is 0.952 bits per heavy atom. The third kappa shape index (κ3) is 5.74. The Labute approximate surface area is 234 Å². The summed E-state index contributed by atoms with van der Waals surface area (Å²) < 4.78 is 67.1. The number of nitrogens with two attached hydrogens (primary N) is 2. The van der Waals surface area contributed by atoms with E-state index in [0.717, 1.165) is 12.4 Å². The van der Waals surface area contributed by atoms with E-state index in [1.54, 1.807) is 0 Å². The highest BCUT2D eigenvalue weighted by molar-refractivity contribution is 5.58. The van der Waals surface area contributed by atoms with Crippen LogP contribution in [0.15, 0.2) is 28.6 Å². The lowest BCUT2D eigenvalue weighted by atomic mass is 10.1. The first-order valence-corrected chi connectivity index (χ1v) is 12.0. The van der Waals surface area contributed by atoms with E-state index in [-0.39, 0.29) is 22.8 Å². The first kappa shape index (κ1) is 32.7. The second-order valence-corrected chi connectivity index (χ2v) is 9.48. The molecule has 18 heteroatoms. The molecule has 4 rings (SSSR count). The lowest BCUT2D eigenvalue weighted by molar-refractivity contribution is -0.141. The minimum absolute atomic E-state index is 0.0658. The topological polar surface area (TPSA) is 221 Å². The normalized spacial score (nSPS) is 29.2. The predicted molar refractivity (Wildman–Crippen MR) is 137 cm³/mol. The first-order chi connectivity index (χ1) is 19.4. The van der Waals surface area contributed by atoms with E-state index < -0.39 is 72.3 Å². The van der Waals surface area contributed by atoms with Crippen LogP contribution in [0.1, 0.15) is 37.4 Å². The van der Waals surface area contributed by atoms with Gasteiger partial charge in [0.1, 0.15) is 23.8 Å². The van der Waals surface area contributed by atoms with E-state index in [1.165, 1.54) is 19.9 Å². The zero-order chi connectivity index (χ0) is 31.9. The maximum Gasteiger partial charge on any atom is 0.351 e. The van der Waals surface area contributed by atoms with Crippen LogP contribution < -0.4 is 22.8 Å². The second kappa shape index (κ2) is 11.8. The van der Waals surface area contributed by atoms with Crippen LogP contribution in [-0.4, -0.2) is 88.0 Å². The fourth-order valence-electron chi connectivity index (χ4n) is 4.20. The fourth-order valence-corrected chi connectivity index (χ4v) is 4.20. The Hall–Kier alpha value is -3.86. The van der Waals surface area contributed by atoms with Gasteiger partial charge < -0.3 is 41.4 Å². The van der Waals surface area contributed by atoms with Gasteiger partial charge in [0.25, 0.3) is 0 Å². The van der Waals surface area contributed by atoms with Crippen LogP contribution in [0.2, 0.25) is 0 Å². The summed E-state index contributed by atoms with van der Waals surface area (Å²) in [6, 6.07) is 0. The molecule has 0 aromatic carbocycles. The minimum Gasteiger partial charge on any atom is -0.391 e. The van der Waals surface area contributed by atoms with Crippen LogP contribution in [0.3, 0.4) is 0 Å².